The standard InChI is InChI=1S/C4H8ClNO2/c1-2-3-6(5)4(7)8/h2-3H2,1H3,(H,7,8). The summed E-state index contributed by atoms with van der Waals surface area (Å²) in [5.41, 5.74) is 0. The maximum atomic E-state index is 9.88. The van der Waals surface area contributed by atoms with E-state index in [0.717, 1.165) is 10.8 Å². The van der Waals surface area contributed by atoms with Crippen LogP contribution >= 0.6 is 11.8 Å². The van der Waals surface area contributed by atoms with Crippen molar-refractivity contribution in [1.82, 2.24) is 4.42 Å². The van der Waals surface area contributed by atoms with E-state index >= 15 is 0 Å². The average Bonchev–Trinajstić information content (AvgIpc) is 1.67. The summed E-state index contributed by atoms with van der Waals surface area (Å²) in [5, 5.41) is 8.11. The molecule has 0 aliphatic heterocycles. The zero-order valence-corrected chi connectivity index (χ0v) is 5.35. The summed E-state index contributed by atoms with van der Waals surface area (Å²) < 4.78 is 0.736. The Morgan fingerprint density at radius 3 is 2.50 bits per heavy atom. The van der Waals surface area contributed by atoms with Crippen LogP contribution in [0.4, 0.5) is 4.79 Å². The van der Waals surface area contributed by atoms with Crippen LogP contribution in [-0.2, 0) is 0 Å². The number of halogens is 1. The van der Waals surface area contributed by atoms with Crippen molar-refractivity contribution in [3.05, 3.63) is 0 Å². The van der Waals surface area contributed by atoms with Gasteiger partial charge in [-0.25, -0.2) is 9.21 Å². The van der Waals surface area contributed by atoms with E-state index in [0.29, 0.717) is 6.54 Å². The molecule has 0 aromatic carbocycles. The lowest BCUT2D eigenvalue weighted by Gasteiger charge is -2.05. The highest BCUT2D eigenvalue weighted by atomic mass is 35.5. The second-order valence-corrected chi connectivity index (χ2v) is 1.78. The summed E-state index contributed by atoms with van der Waals surface area (Å²) in [6, 6.07) is 0. The molecule has 0 spiro atoms. The first-order chi connectivity index (χ1) is 3.68. The predicted octanol–water partition coefficient (Wildman–Crippen LogP) is 1.53. The topological polar surface area (TPSA) is 40.5 Å². The maximum absolute atomic E-state index is 9.88. The van der Waals surface area contributed by atoms with Crippen LogP contribution in [0.3, 0.4) is 0 Å². The molecule has 0 saturated carbocycles. The molecule has 48 valence electrons. The van der Waals surface area contributed by atoms with Crippen molar-refractivity contribution in [2.75, 3.05) is 6.54 Å². The lowest BCUT2D eigenvalue weighted by atomic mass is 10.5. The van der Waals surface area contributed by atoms with Gasteiger partial charge < -0.3 is 5.11 Å². The summed E-state index contributed by atoms with van der Waals surface area (Å²) in [7, 11) is 0. The lowest BCUT2D eigenvalue weighted by Crippen LogP contribution is -2.19. The van der Waals surface area contributed by atoms with Crippen LogP contribution in [0.15, 0.2) is 0 Å². The van der Waals surface area contributed by atoms with Crippen molar-refractivity contribution >= 4 is 17.9 Å². The van der Waals surface area contributed by atoms with Crippen LogP contribution in [-0.4, -0.2) is 22.2 Å². The fourth-order valence-corrected chi connectivity index (χ4v) is 0.461. The number of carbonyl (C=O) groups is 1. The number of amides is 1. The number of hydrogen-bond acceptors (Lipinski definition) is 1. The van der Waals surface area contributed by atoms with Crippen molar-refractivity contribution in [2.45, 2.75) is 13.3 Å². The monoisotopic (exact) mass is 137 g/mol. The second kappa shape index (κ2) is 3.55. The molecular weight excluding hydrogens is 130 g/mol. The fourth-order valence-electron chi connectivity index (χ4n) is 0.292. The van der Waals surface area contributed by atoms with Crippen LogP contribution in [0, 0.1) is 0 Å². The largest absolute Gasteiger partial charge is 0.464 e. The molecule has 0 heterocycles. The van der Waals surface area contributed by atoms with E-state index < -0.39 is 6.09 Å². The second-order valence-electron chi connectivity index (χ2n) is 1.37. The summed E-state index contributed by atoms with van der Waals surface area (Å²) in [6.07, 6.45) is -0.344. The van der Waals surface area contributed by atoms with Crippen molar-refractivity contribution in [1.29, 1.82) is 0 Å². The Balaban J connectivity index is 3.32. The summed E-state index contributed by atoms with van der Waals surface area (Å²) in [6.45, 7) is 2.25. The third-order valence-electron chi connectivity index (χ3n) is 0.627. The lowest BCUT2D eigenvalue weighted by molar-refractivity contribution is 0.173. The first-order valence-electron chi connectivity index (χ1n) is 2.34. The normalized spacial score (nSPS) is 8.75. The van der Waals surface area contributed by atoms with E-state index in [9.17, 15) is 4.79 Å². The number of hydrogen-bond donors (Lipinski definition) is 1. The van der Waals surface area contributed by atoms with Crippen LogP contribution in [0.2, 0.25) is 0 Å². The Hall–Kier alpha value is -0.440. The van der Waals surface area contributed by atoms with Gasteiger partial charge in [-0.1, -0.05) is 6.92 Å². The molecule has 1 amide bonds. The molecule has 0 rings (SSSR count). The Labute approximate surface area is 53.0 Å². The average molecular weight is 138 g/mol. The summed E-state index contributed by atoms with van der Waals surface area (Å²) >= 11 is 5.15. The SMILES string of the molecule is CCCN(Cl)C(=O)O. The molecule has 1 N–H and O–H groups in total. The van der Waals surface area contributed by atoms with Crippen molar-refractivity contribution in [3.63, 3.8) is 0 Å². The van der Waals surface area contributed by atoms with Gasteiger partial charge in [0.1, 0.15) is 0 Å². The van der Waals surface area contributed by atoms with Crippen molar-refractivity contribution < 1.29 is 9.90 Å². The molecule has 3 nitrogen and oxygen atoms in total. The molecule has 0 atom stereocenters. The zero-order chi connectivity index (χ0) is 6.57. The van der Waals surface area contributed by atoms with Crippen molar-refractivity contribution in [3.8, 4) is 0 Å². The molecule has 0 bridgehead atoms. The van der Waals surface area contributed by atoms with Crippen molar-refractivity contribution in [2.24, 2.45) is 0 Å². The van der Waals surface area contributed by atoms with E-state index in [-0.39, 0.29) is 0 Å². The third-order valence-corrected chi connectivity index (χ3v) is 0.941. The molecule has 0 radical (unpaired) electrons. The Morgan fingerprint density at radius 2 is 2.38 bits per heavy atom. The van der Waals surface area contributed by atoms with Gasteiger partial charge in [0.25, 0.3) is 0 Å². The minimum Gasteiger partial charge on any atom is -0.464 e. The Kier molecular flexibility index (Phi) is 3.35. The van der Waals surface area contributed by atoms with Gasteiger partial charge in [-0.2, -0.15) is 0 Å². The van der Waals surface area contributed by atoms with E-state index in [4.69, 9.17) is 16.9 Å². The molecule has 4 heteroatoms. The van der Waals surface area contributed by atoms with E-state index in [2.05, 4.69) is 0 Å². The van der Waals surface area contributed by atoms with E-state index in [1.54, 1.807) is 0 Å². The smallest absolute Gasteiger partial charge is 0.422 e. The number of nitrogens with zero attached hydrogens (tertiary/aromatic N) is 1. The fraction of sp³-hybridized carbons (Fsp3) is 0.750. The molecule has 0 aliphatic carbocycles. The minimum absolute atomic E-state index is 0.386. The highest BCUT2D eigenvalue weighted by Gasteiger charge is 2.03. The molecule has 0 saturated heterocycles. The van der Waals surface area contributed by atoms with E-state index in [1.807, 2.05) is 6.92 Å². The van der Waals surface area contributed by atoms with E-state index in [1.165, 1.54) is 0 Å². The first kappa shape index (κ1) is 7.56. The first-order valence-corrected chi connectivity index (χ1v) is 2.68. The molecule has 0 unspecified atom stereocenters. The van der Waals surface area contributed by atoms with Gasteiger partial charge in [0.05, 0.1) is 0 Å². The quantitative estimate of drug-likeness (QED) is 0.587. The predicted molar refractivity (Wildman–Crippen MR) is 30.9 cm³/mol. The van der Waals surface area contributed by atoms with Crippen LogP contribution in [0.1, 0.15) is 13.3 Å². The Morgan fingerprint density at radius 1 is 1.88 bits per heavy atom. The highest BCUT2D eigenvalue weighted by molar-refractivity contribution is 6.19. The number of rotatable bonds is 2. The molecule has 8 heavy (non-hydrogen) atoms. The maximum Gasteiger partial charge on any atom is 0.422 e. The molecule has 0 aliphatic rings. The van der Waals surface area contributed by atoms with Gasteiger partial charge in [-0.3, -0.25) is 0 Å². The molecule has 0 fully saturated rings. The number of carboxylic acid groups (broad SMARTS) is 1. The highest BCUT2D eigenvalue weighted by Crippen LogP contribution is 1.94. The van der Waals surface area contributed by atoms with Gasteiger partial charge in [0.2, 0.25) is 0 Å². The summed E-state index contributed by atoms with van der Waals surface area (Å²) in [4.78, 5) is 9.88. The zero-order valence-electron chi connectivity index (χ0n) is 4.59. The van der Waals surface area contributed by atoms with Gasteiger partial charge >= 0.3 is 6.09 Å². The van der Waals surface area contributed by atoms with Gasteiger partial charge in [-0.15, -0.1) is 0 Å². The van der Waals surface area contributed by atoms with Gasteiger partial charge in [0, 0.05) is 18.3 Å². The molecule has 0 aromatic heterocycles. The third kappa shape index (κ3) is 2.69. The minimum atomic E-state index is -1.09. The van der Waals surface area contributed by atoms with Crippen LogP contribution in [0.25, 0.3) is 0 Å². The van der Waals surface area contributed by atoms with Crippen LogP contribution < -0.4 is 0 Å². The molecule has 0 aromatic rings. The van der Waals surface area contributed by atoms with Gasteiger partial charge in [-0.05, 0) is 6.42 Å². The molecular formula is C4H8ClNO2. The summed E-state index contributed by atoms with van der Waals surface area (Å²) in [5.74, 6) is 0. The van der Waals surface area contributed by atoms with Crippen LogP contribution in [0.5, 0.6) is 0 Å². The van der Waals surface area contributed by atoms with Gasteiger partial charge in [0.15, 0.2) is 0 Å². The Bertz CT molecular complexity index is 86.1.